The third-order valence-corrected chi connectivity index (χ3v) is 3.24. The number of carbonyl (C=O) groups is 2. The summed E-state index contributed by atoms with van der Waals surface area (Å²) < 4.78 is 17.5. The summed E-state index contributed by atoms with van der Waals surface area (Å²) in [6.45, 7) is 3.24. The summed E-state index contributed by atoms with van der Waals surface area (Å²) in [4.78, 5) is 23.5. The van der Waals surface area contributed by atoms with Crippen LogP contribution in [0.3, 0.4) is 0 Å². The van der Waals surface area contributed by atoms with Crippen LogP contribution in [0.1, 0.15) is 13.8 Å². The van der Waals surface area contributed by atoms with E-state index in [1.165, 1.54) is 31.2 Å². The molecule has 0 aromatic heterocycles. The van der Waals surface area contributed by atoms with Crippen LogP contribution in [-0.2, 0) is 14.3 Å². The van der Waals surface area contributed by atoms with E-state index in [0.717, 1.165) is 11.8 Å². The third-order valence-electron chi connectivity index (χ3n) is 1.94. The highest BCUT2D eigenvalue weighted by Crippen LogP contribution is 2.25. The normalized spacial score (nSPS) is 11.9. The number of benzene rings is 1. The second-order valence-corrected chi connectivity index (χ2v) is 4.49. The molecule has 0 saturated heterocycles. The Morgan fingerprint density at radius 3 is 2.41 bits per heavy atom. The number of Topliss-reactive ketones (excluding diaryl/α,β-unsaturated/α-hetero) is 1. The first-order valence-corrected chi connectivity index (χ1v) is 6.02. The van der Waals surface area contributed by atoms with Gasteiger partial charge in [0.2, 0.25) is 0 Å². The van der Waals surface area contributed by atoms with Crippen molar-refractivity contribution in [1.82, 2.24) is 0 Å². The molecule has 0 aliphatic carbocycles. The molecule has 17 heavy (non-hydrogen) atoms. The molecule has 0 amide bonds. The Hall–Kier alpha value is -1.36. The van der Waals surface area contributed by atoms with Crippen LogP contribution in [0.25, 0.3) is 0 Å². The number of ketones is 1. The van der Waals surface area contributed by atoms with Crippen molar-refractivity contribution in [2.24, 2.45) is 0 Å². The van der Waals surface area contributed by atoms with Gasteiger partial charge in [0.05, 0.1) is 6.61 Å². The van der Waals surface area contributed by atoms with Crippen molar-refractivity contribution in [3.63, 3.8) is 0 Å². The molecule has 1 rings (SSSR count). The van der Waals surface area contributed by atoms with Crippen LogP contribution in [0.2, 0.25) is 0 Å². The minimum Gasteiger partial charge on any atom is -0.465 e. The lowest BCUT2D eigenvalue weighted by Crippen LogP contribution is -2.27. The number of hydrogen-bond donors (Lipinski definition) is 0. The van der Waals surface area contributed by atoms with Crippen LogP contribution >= 0.6 is 11.8 Å². The molecular weight excluding hydrogens is 243 g/mol. The van der Waals surface area contributed by atoms with E-state index in [4.69, 9.17) is 4.74 Å². The van der Waals surface area contributed by atoms with Crippen molar-refractivity contribution in [2.75, 3.05) is 6.61 Å². The van der Waals surface area contributed by atoms with Crippen LogP contribution in [0.15, 0.2) is 29.2 Å². The lowest BCUT2D eigenvalue weighted by molar-refractivity contribution is -0.144. The van der Waals surface area contributed by atoms with Crippen molar-refractivity contribution in [3.05, 3.63) is 30.1 Å². The van der Waals surface area contributed by atoms with Crippen molar-refractivity contribution in [1.29, 1.82) is 0 Å². The molecule has 1 aromatic rings. The highest BCUT2D eigenvalue weighted by atomic mass is 32.2. The SMILES string of the molecule is CCOC(=O)C(Sc1ccc(F)cc1)C(C)=O. The molecule has 0 heterocycles. The molecule has 1 aromatic carbocycles. The molecule has 5 heteroatoms. The second kappa shape index (κ2) is 6.39. The quantitative estimate of drug-likeness (QED) is 0.461. The molecule has 0 radical (unpaired) electrons. The molecule has 0 aliphatic heterocycles. The van der Waals surface area contributed by atoms with Gasteiger partial charge in [0.25, 0.3) is 0 Å². The molecule has 0 saturated carbocycles. The van der Waals surface area contributed by atoms with E-state index in [2.05, 4.69) is 0 Å². The Labute approximate surface area is 103 Å². The van der Waals surface area contributed by atoms with E-state index in [1.807, 2.05) is 0 Å². The predicted molar refractivity (Wildman–Crippen MR) is 63.4 cm³/mol. The number of halogens is 1. The number of ether oxygens (including phenoxy) is 1. The Bertz CT molecular complexity index is 403. The molecule has 0 spiro atoms. The van der Waals surface area contributed by atoms with E-state index < -0.39 is 11.2 Å². The first-order chi connectivity index (χ1) is 8.04. The molecule has 1 unspecified atom stereocenters. The maximum atomic E-state index is 12.7. The summed E-state index contributed by atoms with van der Waals surface area (Å²) in [6, 6.07) is 5.61. The number of thioether (sulfide) groups is 1. The minimum absolute atomic E-state index is 0.229. The second-order valence-electron chi connectivity index (χ2n) is 3.31. The van der Waals surface area contributed by atoms with Crippen molar-refractivity contribution >= 4 is 23.5 Å². The molecule has 92 valence electrons. The standard InChI is InChI=1S/C12H13FO3S/c1-3-16-12(15)11(8(2)14)17-10-6-4-9(13)5-7-10/h4-7,11H,3H2,1-2H3. The first kappa shape index (κ1) is 13.7. The fraction of sp³-hybridized carbons (Fsp3) is 0.333. The van der Waals surface area contributed by atoms with E-state index >= 15 is 0 Å². The van der Waals surface area contributed by atoms with Crippen molar-refractivity contribution < 1.29 is 18.7 Å². The van der Waals surface area contributed by atoms with Gasteiger partial charge in [0.15, 0.2) is 11.0 Å². The maximum absolute atomic E-state index is 12.7. The zero-order valence-corrected chi connectivity index (χ0v) is 10.4. The topological polar surface area (TPSA) is 43.4 Å². The molecule has 0 bridgehead atoms. The van der Waals surface area contributed by atoms with Crippen LogP contribution < -0.4 is 0 Å². The minimum atomic E-state index is -0.889. The summed E-state index contributed by atoms with van der Waals surface area (Å²) >= 11 is 1.06. The van der Waals surface area contributed by atoms with Gasteiger partial charge in [-0.3, -0.25) is 9.59 Å². The summed E-state index contributed by atoms with van der Waals surface area (Å²) in [7, 11) is 0. The maximum Gasteiger partial charge on any atom is 0.327 e. The molecule has 0 N–H and O–H groups in total. The van der Waals surface area contributed by atoms with Gasteiger partial charge in [-0.15, -0.1) is 11.8 Å². The zero-order chi connectivity index (χ0) is 12.8. The van der Waals surface area contributed by atoms with Crippen molar-refractivity contribution in [2.45, 2.75) is 24.0 Å². The fourth-order valence-corrected chi connectivity index (χ4v) is 2.06. The number of esters is 1. The van der Waals surface area contributed by atoms with E-state index in [9.17, 15) is 14.0 Å². The van der Waals surface area contributed by atoms with E-state index in [0.29, 0.717) is 4.90 Å². The van der Waals surface area contributed by atoms with E-state index in [1.54, 1.807) is 6.92 Å². The highest BCUT2D eigenvalue weighted by molar-refractivity contribution is 8.01. The van der Waals surface area contributed by atoms with Gasteiger partial charge in [-0.25, -0.2) is 4.39 Å². The number of hydrogen-bond acceptors (Lipinski definition) is 4. The van der Waals surface area contributed by atoms with Gasteiger partial charge in [-0.1, -0.05) is 0 Å². The Kier molecular flexibility index (Phi) is 5.15. The van der Waals surface area contributed by atoms with Crippen LogP contribution in [-0.4, -0.2) is 23.6 Å². The molecule has 0 fully saturated rings. The zero-order valence-electron chi connectivity index (χ0n) is 9.60. The average molecular weight is 256 g/mol. The number of carbonyl (C=O) groups excluding carboxylic acids is 2. The highest BCUT2D eigenvalue weighted by Gasteiger charge is 2.25. The predicted octanol–water partition coefficient (Wildman–Crippen LogP) is 2.44. The molecule has 0 aliphatic rings. The Morgan fingerprint density at radius 1 is 1.35 bits per heavy atom. The van der Waals surface area contributed by atoms with Gasteiger partial charge < -0.3 is 4.74 Å². The summed E-state index contributed by atoms with van der Waals surface area (Å²) in [5.74, 6) is -1.20. The Balaban J connectivity index is 2.76. The summed E-state index contributed by atoms with van der Waals surface area (Å²) in [6.07, 6.45) is 0. The van der Waals surface area contributed by atoms with Gasteiger partial charge in [-0.05, 0) is 38.1 Å². The van der Waals surface area contributed by atoms with Crippen LogP contribution in [0, 0.1) is 5.82 Å². The first-order valence-electron chi connectivity index (χ1n) is 5.14. The monoisotopic (exact) mass is 256 g/mol. The lowest BCUT2D eigenvalue weighted by atomic mass is 10.3. The Morgan fingerprint density at radius 2 is 1.94 bits per heavy atom. The van der Waals surface area contributed by atoms with Crippen LogP contribution in [0.5, 0.6) is 0 Å². The van der Waals surface area contributed by atoms with Crippen molar-refractivity contribution in [3.8, 4) is 0 Å². The summed E-state index contributed by atoms with van der Waals surface area (Å²) in [5.41, 5.74) is 0. The third kappa shape index (κ3) is 4.19. The largest absolute Gasteiger partial charge is 0.465 e. The number of rotatable bonds is 5. The van der Waals surface area contributed by atoms with Gasteiger partial charge in [-0.2, -0.15) is 0 Å². The average Bonchev–Trinajstić information content (AvgIpc) is 2.28. The van der Waals surface area contributed by atoms with Gasteiger partial charge in [0.1, 0.15) is 5.82 Å². The summed E-state index contributed by atoms with van der Waals surface area (Å²) in [5, 5.41) is -0.889. The van der Waals surface area contributed by atoms with Gasteiger partial charge in [0, 0.05) is 4.90 Å². The van der Waals surface area contributed by atoms with Crippen LogP contribution in [0.4, 0.5) is 4.39 Å². The molecule has 3 nitrogen and oxygen atoms in total. The smallest absolute Gasteiger partial charge is 0.327 e. The van der Waals surface area contributed by atoms with Gasteiger partial charge >= 0.3 is 5.97 Å². The fourth-order valence-electron chi connectivity index (χ4n) is 1.16. The molecule has 1 atom stereocenters. The van der Waals surface area contributed by atoms with E-state index in [-0.39, 0.29) is 18.2 Å². The lowest BCUT2D eigenvalue weighted by Gasteiger charge is -2.11. The molecular formula is C12H13FO3S.